The number of carboxylic acid groups (broad SMARTS) is 1. The first kappa shape index (κ1) is 27.9. The van der Waals surface area contributed by atoms with E-state index >= 15 is 0 Å². The zero-order valence-electron chi connectivity index (χ0n) is 19.3. The fourth-order valence-electron chi connectivity index (χ4n) is 2.69. The van der Waals surface area contributed by atoms with E-state index in [1.807, 2.05) is 35.9 Å². The number of amides is 1. The normalized spacial score (nSPS) is 10.9. The lowest BCUT2D eigenvalue weighted by Gasteiger charge is -2.10. The van der Waals surface area contributed by atoms with E-state index in [0.29, 0.717) is 18.0 Å². The summed E-state index contributed by atoms with van der Waals surface area (Å²) >= 11 is 0. The fraction of sp³-hybridized carbons (Fsp3) is 0.208. The van der Waals surface area contributed by atoms with E-state index in [-0.39, 0.29) is 18.3 Å². The van der Waals surface area contributed by atoms with Crippen molar-refractivity contribution in [2.24, 2.45) is 0 Å². The first-order valence-corrected chi connectivity index (χ1v) is 10.3. The van der Waals surface area contributed by atoms with Gasteiger partial charge in [-0.1, -0.05) is 12.1 Å². The summed E-state index contributed by atoms with van der Waals surface area (Å²) in [7, 11) is 1.60. The molecule has 0 unspecified atom stereocenters. The molecule has 1 heterocycles. The molecule has 0 bridgehead atoms. The van der Waals surface area contributed by atoms with Crippen LogP contribution < -0.4 is 14.8 Å². The molecule has 0 saturated carbocycles. The van der Waals surface area contributed by atoms with Crippen LogP contribution in [0.1, 0.15) is 11.3 Å². The number of carbonyl (C=O) groups excluding carboxylic acids is 1. The van der Waals surface area contributed by atoms with Gasteiger partial charge in [-0.2, -0.15) is 13.2 Å². The number of halogens is 4. The summed E-state index contributed by atoms with van der Waals surface area (Å²) in [5.41, 5.74) is 2.60. The SMILES string of the molecule is COc1cc(/C=C/C(=O)NCCOc2cccc(F)c2)ccc1-n1cnc(C)c1.O=C(O)C(F)(F)F. The third kappa shape index (κ3) is 9.12. The molecule has 0 aliphatic rings. The third-order valence-electron chi connectivity index (χ3n) is 4.33. The van der Waals surface area contributed by atoms with Crippen molar-refractivity contribution in [3.05, 3.63) is 78.1 Å². The number of carboxylic acids is 1. The minimum atomic E-state index is -5.08. The second kappa shape index (κ2) is 12.9. The van der Waals surface area contributed by atoms with Gasteiger partial charge in [-0.25, -0.2) is 14.2 Å². The van der Waals surface area contributed by atoms with Gasteiger partial charge in [0.1, 0.15) is 23.9 Å². The van der Waals surface area contributed by atoms with Gasteiger partial charge in [0.15, 0.2) is 0 Å². The van der Waals surface area contributed by atoms with Gasteiger partial charge in [0.25, 0.3) is 0 Å². The predicted molar refractivity (Wildman–Crippen MR) is 122 cm³/mol. The van der Waals surface area contributed by atoms with Crippen LogP contribution in [0.25, 0.3) is 11.8 Å². The molecule has 12 heteroatoms. The molecule has 3 rings (SSSR count). The van der Waals surface area contributed by atoms with Gasteiger partial charge in [-0.3, -0.25) is 4.79 Å². The number of carbonyl (C=O) groups is 2. The molecular weight excluding hydrogens is 486 g/mol. The van der Waals surface area contributed by atoms with Crippen molar-refractivity contribution in [2.75, 3.05) is 20.3 Å². The highest BCUT2D eigenvalue weighted by Gasteiger charge is 2.38. The average Bonchev–Trinajstić information content (AvgIpc) is 3.26. The Morgan fingerprint density at radius 1 is 1.19 bits per heavy atom. The Balaban J connectivity index is 0.000000572. The molecule has 0 spiro atoms. The number of hydrogen-bond acceptors (Lipinski definition) is 5. The van der Waals surface area contributed by atoms with E-state index in [4.69, 9.17) is 19.4 Å². The van der Waals surface area contributed by atoms with Gasteiger partial charge in [-0.15, -0.1) is 0 Å². The number of ether oxygens (including phenoxy) is 2. The Morgan fingerprint density at radius 2 is 1.92 bits per heavy atom. The molecule has 1 aromatic heterocycles. The summed E-state index contributed by atoms with van der Waals surface area (Å²) in [6.45, 7) is 2.47. The number of aromatic nitrogens is 2. The molecule has 8 nitrogen and oxygen atoms in total. The Morgan fingerprint density at radius 3 is 2.50 bits per heavy atom. The monoisotopic (exact) mass is 509 g/mol. The van der Waals surface area contributed by atoms with Gasteiger partial charge in [0, 0.05) is 18.3 Å². The molecule has 0 saturated heterocycles. The smallest absolute Gasteiger partial charge is 0.490 e. The Bertz CT molecular complexity index is 1210. The van der Waals surface area contributed by atoms with Crippen molar-refractivity contribution in [3.8, 4) is 17.2 Å². The number of alkyl halides is 3. The maximum atomic E-state index is 13.1. The van der Waals surface area contributed by atoms with Crippen LogP contribution in [0, 0.1) is 12.7 Å². The predicted octanol–water partition coefficient (Wildman–Crippen LogP) is 4.17. The van der Waals surface area contributed by atoms with E-state index in [9.17, 15) is 22.4 Å². The molecule has 0 aliphatic carbocycles. The molecule has 0 radical (unpaired) electrons. The van der Waals surface area contributed by atoms with Gasteiger partial charge >= 0.3 is 12.1 Å². The van der Waals surface area contributed by atoms with Gasteiger partial charge < -0.3 is 24.5 Å². The maximum Gasteiger partial charge on any atom is 0.490 e. The summed E-state index contributed by atoms with van der Waals surface area (Å²) in [4.78, 5) is 25.1. The number of rotatable bonds is 8. The van der Waals surface area contributed by atoms with Crippen molar-refractivity contribution < 1.29 is 41.7 Å². The lowest BCUT2D eigenvalue weighted by atomic mass is 10.1. The van der Waals surface area contributed by atoms with Crippen LogP contribution in [-0.2, 0) is 9.59 Å². The molecule has 0 atom stereocenters. The minimum Gasteiger partial charge on any atom is -0.495 e. The molecule has 1 amide bonds. The number of aliphatic carboxylic acids is 1. The Kier molecular flexibility index (Phi) is 10.0. The van der Waals surface area contributed by atoms with Gasteiger partial charge in [0.2, 0.25) is 5.91 Å². The number of methoxy groups -OCH3 is 1. The number of aryl methyl sites for hydroxylation is 1. The zero-order valence-corrected chi connectivity index (χ0v) is 19.3. The minimum absolute atomic E-state index is 0.246. The summed E-state index contributed by atoms with van der Waals surface area (Å²) in [5, 5.41) is 9.84. The van der Waals surface area contributed by atoms with Crippen LogP contribution in [0.15, 0.2) is 61.1 Å². The van der Waals surface area contributed by atoms with E-state index < -0.39 is 12.1 Å². The number of hydrogen-bond donors (Lipinski definition) is 2. The molecule has 36 heavy (non-hydrogen) atoms. The summed E-state index contributed by atoms with van der Waals surface area (Å²) in [6, 6.07) is 11.5. The second-order valence-electron chi connectivity index (χ2n) is 7.09. The molecule has 3 aromatic rings. The van der Waals surface area contributed by atoms with Crippen molar-refractivity contribution >= 4 is 18.0 Å². The van der Waals surface area contributed by atoms with E-state index in [0.717, 1.165) is 16.9 Å². The van der Waals surface area contributed by atoms with Crippen LogP contribution >= 0.6 is 0 Å². The topological polar surface area (TPSA) is 103 Å². The van der Waals surface area contributed by atoms with Crippen LogP contribution in [0.4, 0.5) is 17.6 Å². The quantitative estimate of drug-likeness (QED) is 0.269. The molecular formula is C24H23F4N3O5. The lowest BCUT2D eigenvalue weighted by Crippen LogP contribution is -2.26. The number of nitrogens with zero attached hydrogens (tertiary/aromatic N) is 2. The number of benzene rings is 2. The van der Waals surface area contributed by atoms with E-state index in [1.54, 1.807) is 31.6 Å². The summed E-state index contributed by atoms with van der Waals surface area (Å²) < 4.78 is 57.5. The number of nitrogens with one attached hydrogen (secondary N) is 1. The summed E-state index contributed by atoms with van der Waals surface area (Å²) in [6.07, 6.45) is 1.70. The molecule has 0 fully saturated rings. The molecule has 2 N–H and O–H groups in total. The van der Waals surface area contributed by atoms with Crippen LogP contribution in [0.5, 0.6) is 11.5 Å². The zero-order chi connectivity index (χ0) is 26.7. The average molecular weight is 509 g/mol. The van der Waals surface area contributed by atoms with Crippen molar-refractivity contribution in [3.63, 3.8) is 0 Å². The number of imidazole rings is 1. The standard InChI is InChI=1S/C22H22FN3O3.C2HF3O2/c1-16-14-26(15-25-16)20-8-6-17(12-21(20)28-2)7-9-22(27)24-10-11-29-19-5-3-4-18(23)13-19;3-2(4,5)1(6)7/h3-9,12-15H,10-11H2,1-2H3,(H,24,27);(H,6,7)/b9-7+;. The fourth-order valence-corrected chi connectivity index (χ4v) is 2.69. The molecule has 192 valence electrons. The second-order valence-corrected chi connectivity index (χ2v) is 7.09. The van der Waals surface area contributed by atoms with Crippen molar-refractivity contribution in [2.45, 2.75) is 13.1 Å². The highest BCUT2D eigenvalue weighted by Crippen LogP contribution is 2.25. The first-order valence-electron chi connectivity index (χ1n) is 10.3. The molecule has 0 aliphatic heterocycles. The largest absolute Gasteiger partial charge is 0.495 e. The Hall–Kier alpha value is -4.35. The van der Waals surface area contributed by atoms with Crippen LogP contribution in [0.2, 0.25) is 0 Å². The highest BCUT2D eigenvalue weighted by molar-refractivity contribution is 5.91. The molecule has 2 aromatic carbocycles. The third-order valence-corrected chi connectivity index (χ3v) is 4.33. The van der Waals surface area contributed by atoms with Gasteiger partial charge in [0.05, 0.1) is 31.4 Å². The summed E-state index contributed by atoms with van der Waals surface area (Å²) in [5.74, 6) is -2.27. The Labute approximate surface area is 203 Å². The van der Waals surface area contributed by atoms with E-state index in [1.165, 1.54) is 18.2 Å². The van der Waals surface area contributed by atoms with Crippen LogP contribution in [0.3, 0.4) is 0 Å². The van der Waals surface area contributed by atoms with Crippen molar-refractivity contribution in [1.82, 2.24) is 14.9 Å². The van der Waals surface area contributed by atoms with E-state index in [2.05, 4.69) is 10.3 Å². The van der Waals surface area contributed by atoms with Gasteiger partial charge in [-0.05, 0) is 42.8 Å². The highest BCUT2D eigenvalue weighted by atomic mass is 19.4. The van der Waals surface area contributed by atoms with Crippen molar-refractivity contribution in [1.29, 1.82) is 0 Å². The van der Waals surface area contributed by atoms with Crippen LogP contribution in [-0.4, -0.2) is 53.0 Å². The lowest BCUT2D eigenvalue weighted by molar-refractivity contribution is -0.192. The first-order chi connectivity index (χ1) is 17.0. The maximum absolute atomic E-state index is 13.1.